The summed E-state index contributed by atoms with van der Waals surface area (Å²) < 4.78 is 13.3. The maximum absolute atomic E-state index is 13.3. The minimum absolute atomic E-state index is 0.285. The van der Waals surface area contributed by atoms with E-state index in [0.29, 0.717) is 31.0 Å². The maximum atomic E-state index is 13.3. The second-order valence-electron chi connectivity index (χ2n) is 5.62. The Morgan fingerprint density at radius 3 is 2.60 bits per heavy atom. The summed E-state index contributed by atoms with van der Waals surface area (Å²) in [6, 6.07) is 13.7. The van der Waals surface area contributed by atoms with Gasteiger partial charge in [-0.25, -0.2) is 9.38 Å². The van der Waals surface area contributed by atoms with E-state index in [2.05, 4.69) is 15.6 Å². The SMILES string of the molecule is CCNC(=NCc1ccc(O)c(F)c1)NCCC(O)c1ccccc1. The van der Waals surface area contributed by atoms with Crippen LogP contribution >= 0.6 is 0 Å². The number of halogens is 1. The van der Waals surface area contributed by atoms with Gasteiger partial charge in [-0.1, -0.05) is 36.4 Å². The van der Waals surface area contributed by atoms with E-state index < -0.39 is 11.9 Å². The zero-order valence-corrected chi connectivity index (χ0v) is 14.2. The van der Waals surface area contributed by atoms with E-state index in [1.54, 1.807) is 6.07 Å². The van der Waals surface area contributed by atoms with Crippen LogP contribution in [0.25, 0.3) is 0 Å². The van der Waals surface area contributed by atoms with Gasteiger partial charge in [0.05, 0.1) is 12.6 Å². The van der Waals surface area contributed by atoms with Crippen molar-refractivity contribution >= 4 is 5.96 Å². The Morgan fingerprint density at radius 1 is 1.16 bits per heavy atom. The lowest BCUT2D eigenvalue weighted by Crippen LogP contribution is -2.38. The summed E-state index contributed by atoms with van der Waals surface area (Å²) >= 11 is 0. The molecule has 0 aliphatic rings. The molecule has 0 bridgehead atoms. The van der Waals surface area contributed by atoms with Crippen molar-refractivity contribution in [2.24, 2.45) is 4.99 Å². The van der Waals surface area contributed by atoms with Gasteiger partial charge in [0, 0.05) is 13.1 Å². The molecule has 6 heteroatoms. The first-order valence-corrected chi connectivity index (χ1v) is 8.32. The largest absolute Gasteiger partial charge is 0.505 e. The van der Waals surface area contributed by atoms with Crippen molar-refractivity contribution in [1.82, 2.24) is 10.6 Å². The second kappa shape index (κ2) is 9.64. The summed E-state index contributed by atoms with van der Waals surface area (Å²) in [5.41, 5.74) is 1.54. The van der Waals surface area contributed by atoms with Crippen LogP contribution in [-0.4, -0.2) is 29.3 Å². The molecule has 0 fully saturated rings. The lowest BCUT2D eigenvalue weighted by Gasteiger charge is -2.14. The van der Waals surface area contributed by atoms with Gasteiger partial charge in [0.25, 0.3) is 0 Å². The summed E-state index contributed by atoms with van der Waals surface area (Å²) in [7, 11) is 0. The topological polar surface area (TPSA) is 76.9 Å². The third-order valence-corrected chi connectivity index (χ3v) is 3.67. The number of guanidine groups is 1. The maximum Gasteiger partial charge on any atom is 0.191 e. The molecule has 0 saturated heterocycles. The number of benzene rings is 2. The Labute approximate surface area is 147 Å². The van der Waals surface area contributed by atoms with E-state index in [1.165, 1.54) is 12.1 Å². The van der Waals surface area contributed by atoms with Crippen molar-refractivity contribution in [3.63, 3.8) is 0 Å². The molecule has 0 saturated carbocycles. The lowest BCUT2D eigenvalue weighted by molar-refractivity contribution is 0.168. The van der Waals surface area contributed by atoms with Crippen molar-refractivity contribution in [2.45, 2.75) is 26.0 Å². The van der Waals surface area contributed by atoms with Gasteiger partial charge in [-0.15, -0.1) is 0 Å². The molecule has 0 heterocycles. The monoisotopic (exact) mass is 345 g/mol. The van der Waals surface area contributed by atoms with Gasteiger partial charge in [-0.3, -0.25) is 0 Å². The first-order chi connectivity index (χ1) is 12.1. The molecule has 5 nitrogen and oxygen atoms in total. The number of nitrogens with zero attached hydrogens (tertiary/aromatic N) is 1. The Balaban J connectivity index is 1.88. The molecule has 2 aromatic carbocycles. The highest BCUT2D eigenvalue weighted by atomic mass is 19.1. The van der Waals surface area contributed by atoms with Crippen LogP contribution in [0.4, 0.5) is 4.39 Å². The molecule has 0 aliphatic heterocycles. The molecule has 2 aromatic rings. The van der Waals surface area contributed by atoms with Crippen LogP contribution in [0.1, 0.15) is 30.6 Å². The van der Waals surface area contributed by atoms with Crippen molar-refractivity contribution in [1.29, 1.82) is 0 Å². The van der Waals surface area contributed by atoms with Gasteiger partial charge in [0.1, 0.15) is 0 Å². The quantitative estimate of drug-likeness (QED) is 0.460. The lowest BCUT2D eigenvalue weighted by atomic mass is 10.1. The average molecular weight is 345 g/mol. The fraction of sp³-hybridized carbons (Fsp3) is 0.316. The predicted molar refractivity (Wildman–Crippen MR) is 96.9 cm³/mol. The number of rotatable bonds is 7. The van der Waals surface area contributed by atoms with Crippen molar-refractivity contribution in [2.75, 3.05) is 13.1 Å². The molecule has 4 N–H and O–H groups in total. The first kappa shape index (κ1) is 18.7. The van der Waals surface area contributed by atoms with Crippen molar-refractivity contribution in [3.05, 3.63) is 65.5 Å². The molecule has 0 amide bonds. The van der Waals surface area contributed by atoms with E-state index >= 15 is 0 Å². The summed E-state index contributed by atoms with van der Waals surface area (Å²) in [6.45, 7) is 3.48. The van der Waals surface area contributed by atoms with E-state index in [-0.39, 0.29) is 12.3 Å². The van der Waals surface area contributed by atoms with E-state index in [9.17, 15) is 14.6 Å². The van der Waals surface area contributed by atoms with Crippen molar-refractivity contribution in [3.8, 4) is 5.75 Å². The molecule has 1 unspecified atom stereocenters. The number of aromatic hydroxyl groups is 1. The molecule has 2 rings (SSSR count). The fourth-order valence-corrected chi connectivity index (χ4v) is 2.33. The Bertz CT molecular complexity index is 692. The summed E-state index contributed by atoms with van der Waals surface area (Å²) in [6.07, 6.45) is 0.00481. The Kier molecular flexibility index (Phi) is 7.22. The highest BCUT2D eigenvalue weighted by Crippen LogP contribution is 2.17. The number of aliphatic hydroxyl groups is 1. The molecule has 0 aliphatic carbocycles. The highest BCUT2D eigenvalue weighted by molar-refractivity contribution is 5.79. The van der Waals surface area contributed by atoms with Crippen LogP contribution in [0.2, 0.25) is 0 Å². The second-order valence-corrected chi connectivity index (χ2v) is 5.62. The normalized spacial score (nSPS) is 12.7. The Hall–Kier alpha value is -2.60. The molecule has 134 valence electrons. The fourth-order valence-electron chi connectivity index (χ4n) is 2.33. The zero-order chi connectivity index (χ0) is 18.1. The van der Waals surface area contributed by atoms with Crippen LogP contribution in [0, 0.1) is 5.82 Å². The molecule has 25 heavy (non-hydrogen) atoms. The smallest absolute Gasteiger partial charge is 0.191 e. The van der Waals surface area contributed by atoms with Crippen LogP contribution in [0.5, 0.6) is 5.75 Å². The van der Waals surface area contributed by atoms with Crippen molar-refractivity contribution < 1.29 is 14.6 Å². The molecular weight excluding hydrogens is 321 g/mol. The highest BCUT2D eigenvalue weighted by Gasteiger charge is 2.07. The van der Waals surface area contributed by atoms with E-state index in [1.807, 2.05) is 37.3 Å². The van der Waals surface area contributed by atoms with Gasteiger partial charge >= 0.3 is 0 Å². The summed E-state index contributed by atoms with van der Waals surface area (Å²) in [5, 5.41) is 25.6. The van der Waals surface area contributed by atoms with Crippen LogP contribution < -0.4 is 10.6 Å². The summed E-state index contributed by atoms with van der Waals surface area (Å²) in [5.74, 6) is -0.430. The van der Waals surface area contributed by atoms with Gasteiger partial charge in [0.2, 0.25) is 0 Å². The van der Waals surface area contributed by atoms with Gasteiger partial charge in [-0.05, 0) is 36.6 Å². The number of phenolic OH excluding ortho intramolecular Hbond substituents is 1. The van der Waals surface area contributed by atoms with Gasteiger partial charge < -0.3 is 20.8 Å². The number of hydrogen-bond donors (Lipinski definition) is 4. The van der Waals surface area contributed by atoms with E-state index in [0.717, 1.165) is 5.56 Å². The minimum atomic E-state index is -0.656. The number of phenols is 1. The molecule has 1 atom stereocenters. The molecular formula is C19H24FN3O2. The predicted octanol–water partition coefficient (Wildman–Crippen LogP) is 2.71. The number of aliphatic hydroxyl groups excluding tert-OH is 1. The summed E-state index contributed by atoms with van der Waals surface area (Å²) in [4.78, 5) is 4.39. The van der Waals surface area contributed by atoms with Crippen LogP contribution in [0.3, 0.4) is 0 Å². The van der Waals surface area contributed by atoms with Gasteiger partial charge in [0.15, 0.2) is 17.5 Å². The molecule has 0 radical (unpaired) electrons. The van der Waals surface area contributed by atoms with Crippen LogP contribution in [-0.2, 0) is 6.54 Å². The van der Waals surface area contributed by atoms with Gasteiger partial charge in [-0.2, -0.15) is 0 Å². The standard InChI is InChI=1S/C19H24FN3O2/c1-2-21-19(23-13-14-8-9-18(25)16(20)12-14)22-11-10-17(24)15-6-4-3-5-7-15/h3-9,12,17,24-25H,2,10-11,13H2,1H3,(H2,21,22,23). The van der Waals surface area contributed by atoms with Crippen LogP contribution in [0.15, 0.2) is 53.5 Å². The third-order valence-electron chi connectivity index (χ3n) is 3.67. The minimum Gasteiger partial charge on any atom is -0.505 e. The number of aliphatic imine (C=N–C) groups is 1. The Morgan fingerprint density at radius 2 is 1.92 bits per heavy atom. The third kappa shape index (κ3) is 6.08. The zero-order valence-electron chi connectivity index (χ0n) is 14.2. The molecule has 0 aromatic heterocycles. The average Bonchev–Trinajstić information content (AvgIpc) is 2.63. The number of nitrogens with one attached hydrogen (secondary N) is 2. The molecule has 0 spiro atoms. The number of hydrogen-bond acceptors (Lipinski definition) is 3. The van der Waals surface area contributed by atoms with E-state index in [4.69, 9.17) is 0 Å². The first-order valence-electron chi connectivity index (χ1n) is 8.32.